The maximum Gasteiger partial charge on any atom is 0.274 e. The Labute approximate surface area is 149 Å². The van der Waals surface area contributed by atoms with E-state index in [1.54, 1.807) is 4.90 Å². The first-order valence-electron chi connectivity index (χ1n) is 8.43. The molecule has 1 amide bonds. The topological polar surface area (TPSA) is 96.8 Å². The lowest BCUT2D eigenvalue weighted by molar-refractivity contribution is 0.0601. The number of hydrogen-bond acceptors (Lipinski definition) is 5. The fourth-order valence-corrected chi connectivity index (χ4v) is 3.27. The molecule has 26 heavy (non-hydrogen) atoms. The van der Waals surface area contributed by atoms with Crippen molar-refractivity contribution in [3.8, 4) is 0 Å². The smallest absolute Gasteiger partial charge is 0.274 e. The van der Waals surface area contributed by atoms with Gasteiger partial charge in [0, 0.05) is 19.2 Å². The zero-order chi connectivity index (χ0) is 18.1. The van der Waals surface area contributed by atoms with Gasteiger partial charge in [-0.3, -0.25) is 9.59 Å². The molecule has 0 aliphatic carbocycles. The lowest BCUT2D eigenvalue weighted by Gasteiger charge is -2.35. The second-order valence-electron chi connectivity index (χ2n) is 6.24. The van der Waals surface area contributed by atoms with Crippen LogP contribution in [0.1, 0.15) is 33.7 Å². The van der Waals surface area contributed by atoms with E-state index in [0.29, 0.717) is 25.3 Å². The van der Waals surface area contributed by atoms with Crippen LogP contribution >= 0.6 is 0 Å². The van der Waals surface area contributed by atoms with Crippen molar-refractivity contribution >= 4 is 5.91 Å². The van der Waals surface area contributed by atoms with Crippen LogP contribution in [-0.4, -0.2) is 42.1 Å². The molecule has 0 spiro atoms. The molecule has 0 saturated heterocycles. The highest BCUT2D eigenvalue weighted by Gasteiger charge is 2.34. The fraction of sp³-hybridized carbons (Fsp3) is 0.278. The summed E-state index contributed by atoms with van der Waals surface area (Å²) in [5, 5.41) is 4.43. The average molecular weight is 350 g/mol. The van der Waals surface area contributed by atoms with Gasteiger partial charge in [0.2, 0.25) is 0 Å². The van der Waals surface area contributed by atoms with Crippen LogP contribution in [0.2, 0.25) is 0 Å². The van der Waals surface area contributed by atoms with Gasteiger partial charge in [-0.15, -0.1) is 0 Å². The molecule has 0 saturated carbocycles. The normalized spacial score (nSPS) is 16.3. The van der Waals surface area contributed by atoms with E-state index in [9.17, 15) is 9.59 Å². The summed E-state index contributed by atoms with van der Waals surface area (Å²) in [5.41, 5.74) is 0.988. The Hall–Kier alpha value is -3.29. The largest absolute Gasteiger partial charge is 0.325 e. The minimum atomic E-state index is -0.337. The molecule has 1 atom stereocenters. The molecule has 0 radical (unpaired) electrons. The summed E-state index contributed by atoms with van der Waals surface area (Å²) in [4.78, 5) is 37.0. The maximum atomic E-state index is 13.0. The third-order valence-electron chi connectivity index (χ3n) is 4.46. The van der Waals surface area contributed by atoms with Gasteiger partial charge in [0.1, 0.15) is 17.3 Å². The standard InChI is InChI=1S/C18H18N6O2/c1-12-21-17-15(9-13-5-3-2-4-6-13)23(7-8-24(17)22-12)18(26)14-10-20-16(25)11-19-14/h2-6,10-11,15H,7-9H2,1H3,(H,20,25)/t15-/m0/s1. The number of rotatable bonds is 3. The number of amides is 1. The van der Waals surface area contributed by atoms with Crippen LogP contribution in [0, 0.1) is 6.92 Å². The number of carbonyl (C=O) groups is 1. The Morgan fingerprint density at radius 2 is 2.08 bits per heavy atom. The van der Waals surface area contributed by atoms with E-state index in [-0.39, 0.29) is 23.2 Å². The quantitative estimate of drug-likeness (QED) is 0.763. The first-order chi connectivity index (χ1) is 12.6. The Morgan fingerprint density at radius 3 is 2.81 bits per heavy atom. The predicted molar refractivity (Wildman–Crippen MR) is 93.5 cm³/mol. The molecule has 0 bridgehead atoms. The van der Waals surface area contributed by atoms with Crippen molar-refractivity contribution in [3.63, 3.8) is 0 Å². The highest BCUT2D eigenvalue weighted by Crippen LogP contribution is 2.28. The number of nitrogens with zero attached hydrogens (tertiary/aromatic N) is 5. The highest BCUT2D eigenvalue weighted by molar-refractivity contribution is 5.92. The lowest BCUT2D eigenvalue weighted by Crippen LogP contribution is -2.44. The van der Waals surface area contributed by atoms with Gasteiger partial charge in [-0.05, 0) is 12.5 Å². The molecular formula is C18H18N6O2. The van der Waals surface area contributed by atoms with E-state index in [4.69, 9.17) is 0 Å². The minimum Gasteiger partial charge on any atom is -0.325 e. The van der Waals surface area contributed by atoms with Crippen LogP contribution in [0.4, 0.5) is 0 Å². The molecule has 1 N–H and O–H groups in total. The van der Waals surface area contributed by atoms with Gasteiger partial charge in [0.15, 0.2) is 0 Å². The van der Waals surface area contributed by atoms with Crippen LogP contribution in [0.25, 0.3) is 0 Å². The molecule has 4 rings (SSSR count). The van der Waals surface area contributed by atoms with Gasteiger partial charge in [-0.25, -0.2) is 14.6 Å². The molecule has 1 aliphatic heterocycles. The molecule has 1 aromatic carbocycles. The molecule has 8 nitrogen and oxygen atoms in total. The van der Waals surface area contributed by atoms with Crippen molar-refractivity contribution in [1.82, 2.24) is 29.6 Å². The number of aryl methyl sites for hydroxylation is 1. The zero-order valence-corrected chi connectivity index (χ0v) is 14.3. The minimum absolute atomic E-state index is 0.215. The summed E-state index contributed by atoms with van der Waals surface area (Å²) in [6, 6.07) is 9.73. The molecule has 2 aromatic heterocycles. The predicted octanol–water partition coefficient (Wildman–Crippen LogP) is 1.11. The molecule has 3 heterocycles. The molecule has 132 valence electrons. The van der Waals surface area contributed by atoms with Crippen molar-refractivity contribution in [1.29, 1.82) is 0 Å². The lowest BCUT2D eigenvalue weighted by atomic mass is 10.0. The summed E-state index contributed by atoms with van der Waals surface area (Å²) in [5.74, 6) is 1.24. The number of benzene rings is 1. The maximum absolute atomic E-state index is 13.0. The molecule has 8 heteroatoms. The number of hydrogen-bond donors (Lipinski definition) is 1. The number of carbonyl (C=O) groups excluding carboxylic acids is 1. The Kier molecular flexibility index (Phi) is 4.08. The number of H-pyrrole nitrogens is 1. The Balaban J connectivity index is 1.71. The van der Waals surface area contributed by atoms with E-state index in [2.05, 4.69) is 20.1 Å². The number of aromatic nitrogens is 5. The second-order valence-corrected chi connectivity index (χ2v) is 6.24. The van der Waals surface area contributed by atoms with Crippen molar-refractivity contribution in [2.45, 2.75) is 25.9 Å². The summed E-state index contributed by atoms with van der Waals surface area (Å²) in [6.07, 6.45) is 3.11. The van der Waals surface area contributed by atoms with Crippen LogP contribution in [0.15, 0.2) is 47.5 Å². The molecule has 1 aliphatic rings. The SMILES string of the molecule is Cc1nc2n(n1)CCN(C(=O)c1c[nH]c(=O)cn1)[C@H]2Cc1ccccc1. The number of aromatic amines is 1. The summed E-state index contributed by atoms with van der Waals surface area (Å²) >= 11 is 0. The van der Waals surface area contributed by atoms with Crippen molar-refractivity contribution in [2.24, 2.45) is 0 Å². The van der Waals surface area contributed by atoms with Gasteiger partial charge < -0.3 is 9.88 Å². The second kappa shape index (κ2) is 6.55. The van der Waals surface area contributed by atoms with Gasteiger partial charge in [-0.1, -0.05) is 30.3 Å². The van der Waals surface area contributed by atoms with Crippen LogP contribution in [-0.2, 0) is 13.0 Å². The van der Waals surface area contributed by atoms with E-state index in [1.165, 1.54) is 6.20 Å². The highest BCUT2D eigenvalue weighted by atomic mass is 16.2. The van der Waals surface area contributed by atoms with Crippen molar-refractivity contribution in [3.05, 3.63) is 76.0 Å². The van der Waals surface area contributed by atoms with E-state index in [0.717, 1.165) is 17.6 Å². The van der Waals surface area contributed by atoms with Crippen LogP contribution < -0.4 is 5.56 Å². The fourth-order valence-electron chi connectivity index (χ4n) is 3.27. The molecule has 0 fully saturated rings. The first kappa shape index (κ1) is 16.2. The van der Waals surface area contributed by atoms with Gasteiger partial charge >= 0.3 is 0 Å². The van der Waals surface area contributed by atoms with Crippen molar-refractivity contribution in [2.75, 3.05) is 6.54 Å². The first-order valence-corrected chi connectivity index (χ1v) is 8.43. The summed E-state index contributed by atoms with van der Waals surface area (Å²) in [6.45, 7) is 2.93. The number of fused-ring (bicyclic) bond motifs is 1. The van der Waals surface area contributed by atoms with Gasteiger partial charge in [0.25, 0.3) is 11.5 Å². The van der Waals surface area contributed by atoms with Crippen molar-refractivity contribution < 1.29 is 4.79 Å². The average Bonchev–Trinajstić information content (AvgIpc) is 3.04. The summed E-state index contributed by atoms with van der Waals surface area (Å²) in [7, 11) is 0. The Morgan fingerprint density at radius 1 is 1.27 bits per heavy atom. The van der Waals surface area contributed by atoms with E-state index >= 15 is 0 Å². The summed E-state index contributed by atoms with van der Waals surface area (Å²) < 4.78 is 1.87. The molecule has 3 aromatic rings. The molecule has 0 unspecified atom stereocenters. The van der Waals surface area contributed by atoms with Crippen LogP contribution in [0.3, 0.4) is 0 Å². The number of nitrogens with one attached hydrogen (secondary N) is 1. The van der Waals surface area contributed by atoms with E-state index < -0.39 is 0 Å². The third-order valence-corrected chi connectivity index (χ3v) is 4.46. The van der Waals surface area contributed by atoms with E-state index in [1.807, 2.05) is 41.9 Å². The Bertz CT molecular complexity index is 974. The third kappa shape index (κ3) is 3.01. The van der Waals surface area contributed by atoms with Gasteiger partial charge in [0.05, 0.1) is 18.8 Å². The monoisotopic (exact) mass is 350 g/mol. The molecular weight excluding hydrogens is 332 g/mol. The van der Waals surface area contributed by atoms with Crippen LogP contribution in [0.5, 0.6) is 0 Å². The zero-order valence-electron chi connectivity index (χ0n) is 14.3. The van der Waals surface area contributed by atoms with Gasteiger partial charge in [-0.2, -0.15) is 5.10 Å².